The number of nitrogens with zero attached hydrogens (tertiary/aromatic N) is 3. The highest BCUT2D eigenvalue weighted by Crippen LogP contribution is 2.30. The van der Waals surface area contributed by atoms with Gasteiger partial charge in [-0.2, -0.15) is 0 Å². The third-order valence-corrected chi connectivity index (χ3v) is 3.56. The minimum Gasteiger partial charge on any atom is -0.351 e. The van der Waals surface area contributed by atoms with E-state index in [0.29, 0.717) is 23.8 Å². The van der Waals surface area contributed by atoms with Gasteiger partial charge in [0.2, 0.25) is 5.76 Å². The number of rotatable bonds is 2. The van der Waals surface area contributed by atoms with E-state index in [4.69, 9.17) is 4.52 Å². The number of amides is 1. The quantitative estimate of drug-likeness (QED) is 0.900. The van der Waals surface area contributed by atoms with Crippen molar-refractivity contribution >= 4 is 5.91 Å². The summed E-state index contributed by atoms with van der Waals surface area (Å²) in [6, 6.07) is 2.82. The lowest BCUT2D eigenvalue weighted by atomic mass is 10.2. The molecular weight excluding hydrogens is 272 g/mol. The molecule has 21 heavy (non-hydrogen) atoms. The second-order valence-corrected chi connectivity index (χ2v) is 5.26. The molecule has 0 bridgehead atoms. The molecule has 0 radical (unpaired) electrons. The number of carbonyl (C=O) groups excluding carboxylic acids is 1. The predicted octanol–water partition coefficient (Wildman–Crippen LogP) is 1.35. The van der Waals surface area contributed by atoms with Gasteiger partial charge in [0.1, 0.15) is 5.82 Å². The van der Waals surface area contributed by atoms with E-state index in [1.807, 2.05) is 0 Å². The smallest absolute Gasteiger partial charge is 0.293 e. The molecule has 1 fully saturated rings. The van der Waals surface area contributed by atoms with Gasteiger partial charge in [0.25, 0.3) is 11.5 Å². The molecule has 1 aliphatic heterocycles. The van der Waals surface area contributed by atoms with Gasteiger partial charge in [0, 0.05) is 24.4 Å². The molecule has 1 atom stereocenters. The lowest BCUT2D eigenvalue weighted by Gasteiger charge is -2.22. The monoisotopic (exact) mass is 288 g/mol. The van der Waals surface area contributed by atoms with E-state index in [-0.39, 0.29) is 23.3 Å². The summed E-state index contributed by atoms with van der Waals surface area (Å²) >= 11 is 0. The van der Waals surface area contributed by atoms with Crippen LogP contribution >= 0.6 is 0 Å². The zero-order valence-electron chi connectivity index (χ0n) is 11.9. The van der Waals surface area contributed by atoms with Gasteiger partial charge in [-0.05, 0) is 26.7 Å². The van der Waals surface area contributed by atoms with Crippen LogP contribution in [-0.2, 0) is 0 Å². The Bertz CT molecular complexity index is 734. The Morgan fingerprint density at radius 2 is 2.19 bits per heavy atom. The van der Waals surface area contributed by atoms with Crippen molar-refractivity contribution in [2.45, 2.75) is 32.7 Å². The second kappa shape index (κ2) is 5.16. The number of carbonyl (C=O) groups is 1. The summed E-state index contributed by atoms with van der Waals surface area (Å²) in [5, 5.41) is 3.74. The molecule has 3 heterocycles. The van der Waals surface area contributed by atoms with Crippen LogP contribution in [0.2, 0.25) is 0 Å². The lowest BCUT2D eigenvalue weighted by molar-refractivity contribution is 0.0687. The maximum Gasteiger partial charge on any atom is 0.293 e. The standard InChI is InChI=1S/C14H16N4O3/c1-8-7-12(19)16-13(15-8)10-4-3-5-18(10)14(20)11-6-9(2)17-21-11/h6-7,10H,3-5H2,1-2H3,(H,15,16,19). The molecule has 0 saturated carbocycles. The number of hydrogen-bond donors (Lipinski definition) is 1. The van der Waals surface area contributed by atoms with E-state index >= 15 is 0 Å². The molecule has 7 nitrogen and oxygen atoms in total. The first kappa shape index (κ1) is 13.5. The number of aromatic amines is 1. The Kier molecular flexibility index (Phi) is 3.32. The van der Waals surface area contributed by atoms with Crippen LogP contribution in [0, 0.1) is 13.8 Å². The van der Waals surface area contributed by atoms with Gasteiger partial charge >= 0.3 is 0 Å². The normalized spacial score (nSPS) is 18.2. The van der Waals surface area contributed by atoms with E-state index < -0.39 is 0 Å². The second-order valence-electron chi connectivity index (χ2n) is 5.26. The molecule has 1 aliphatic rings. The van der Waals surface area contributed by atoms with Crippen LogP contribution in [0.3, 0.4) is 0 Å². The van der Waals surface area contributed by atoms with Crippen molar-refractivity contribution in [2.24, 2.45) is 0 Å². The lowest BCUT2D eigenvalue weighted by Crippen LogP contribution is -2.32. The van der Waals surface area contributed by atoms with Gasteiger partial charge in [-0.15, -0.1) is 0 Å². The van der Waals surface area contributed by atoms with E-state index in [1.54, 1.807) is 24.8 Å². The Hall–Kier alpha value is -2.44. The van der Waals surface area contributed by atoms with Crippen LogP contribution in [-0.4, -0.2) is 32.5 Å². The highest BCUT2D eigenvalue weighted by Gasteiger charge is 2.34. The van der Waals surface area contributed by atoms with Gasteiger partial charge in [-0.25, -0.2) is 4.98 Å². The summed E-state index contributed by atoms with van der Waals surface area (Å²) in [5.74, 6) is 0.527. The van der Waals surface area contributed by atoms with Gasteiger partial charge in [0.05, 0.1) is 11.7 Å². The average Bonchev–Trinajstić information content (AvgIpc) is 3.05. The van der Waals surface area contributed by atoms with Gasteiger partial charge in [-0.1, -0.05) is 5.16 Å². The molecule has 1 saturated heterocycles. The molecular formula is C14H16N4O3. The molecule has 0 aliphatic carbocycles. The van der Waals surface area contributed by atoms with Crippen LogP contribution in [0.25, 0.3) is 0 Å². The summed E-state index contributed by atoms with van der Waals surface area (Å²) in [5.41, 5.74) is 1.10. The summed E-state index contributed by atoms with van der Waals surface area (Å²) in [7, 11) is 0. The molecule has 0 aromatic carbocycles. The SMILES string of the molecule is Cc1cc(C(=O)N2CCCC2c2nc(C)cc(=O)[nH]2)on1. The summed E-state index contributed by atoms with van der Waals surface area (Å²) in [6.07, 6.45) is 1.63. The number of likely N-dealkylation sites (tertiary alicyclic amines) is 1. The van der Waals surface area contributed by atoms with Crippen LogP contribution in [0.4, 0.5) is 0 Å². The van der Waals surface area contributed by atoms with Crippen molar-refractivity contribution in [3.8, 4) is 0 Å². The molecule has 1 N–H and O–H groups in total. The first-order valence-electron chi connectivity index (χ1n) is 6.87. The molecule has 2 aromatic heterocycles. The topological polar surface area (TPSA) is 92.1 Å². The Labute approximate surface area is 121 Å². The minimum absolute atomic E-state index is 0.202. The maximum absolute atomic E-state index is 12.5. The molecule has 0 spiro atoms. The summed E-state index contributed by atoms with van der Waals surface area (Å²) < 4.78 is 5.04. The van der Waals surface area contributed by atoms with E-state index in [2.05, 4.69) is 15.1 Å². The van der Waals surface area contributed by atoms with E-state index in [1.165, 1.54) is 6.07 Å². The van der Waals surface area contributed by atoms with Crippen molar-refractivity contribution in [1.82, 2.24) is 20.0 Å². The average molecular weight is 288 g/mol. The number of hydrogen-bond acceptors (Lipinski definition) is 5. The van der Waals surface area contributed by atoms with Gasteiger partial charge in [0.15, 0.2) is 0 Å². The van der Waals surface area contributed by atoms with Crippen molar-refractivity contribution in [1.29, 1.82) is 0 Å². The van der Waals surface area contributed by atoms with Crippen molar-refractivity contribution in [3.63, 3.8) is 0 Å². The summed E-state index contributed by atoms with van der Waals surface area (Å²) in [4.78, 5) is 32.8. The van der Waals surface area contributed by atoms with Crippen LogP contribution in [0.15, 0.2) is 21.5 Å². The zero-order valence-corrected chi connectivity index (χ0v) is 11.9. The fourth-order valence-corrected chi connectivity index (χ4v) is 2.66. The Balaban J connectivity index is 1.92. The Morgan fingerprint density at radius 3 is 2.86 bits per heavy atom. The maximum atomic E-state index is 12.5. The molecule has 1 unspecified atom stereocenters. The molecule has 3 rings (SSSR count). The van der Waals surface area contributed by atoms with Crippen LogP contribution in [0.5, 0.6) is 0 Å². The number of H-pyrrole nitrogens is 1. The number of nitrogens with one attached hydrogen (secondary N) is 1. The Morgan fingerprint density at radius 1 is 1.38 bits per heavy atom. The van der Waals surface area contributed by atoms with E-state index in [9.17, 15) is 9.59 Å². The molecule has 1 amide bonds. The van der Waals surface area contributed by atoms with Crippen LogP contribution < -0.4 is 5.56 Å². The highest BCUT2D eigenvalue weighted by atomic mass is 16.5. The molecule has 2 aromatic rings. The largest absolute Gasteiger partial charge is 0.351 e. The van der Waals surface area contributed by atoms with Gasteiger partial charge in [-0.3, -0.25) is 9.59 Å². The minimum atomic E-state index is -0.226. The molecule has 7 heteroatoms. The first-order valence-corrected chi connectivity index (χ1v) is 6.87. The first-order chi connectivity index (χ1) is 10.0. The fraction of sp³-hybridized carbons (Fsp3) is 0.429. The number of aryl methyl sites for hydroxylation is 2. The van der Waals surface area contributed by atoms with Gasteiger partial charge < -0.3 is 14.4 Å². The third-order valence-electron chi connectivity index (χ3n) is 3.56. The number of aromatic nitrogens is 3. The zero-order chi connectivity index (χ0) is 15.0. The third kappa shape index (κ3) is 2.58. The van der Waals surface area contributed by atoms with Crippen LogP contribution in [0.1, 0.15) is 46.7 Å². The van der Waals surface area contributed by atoms with Crippen molar-refractivity contribution in [3.05, 3.63) is 45.5 Å². The fourth-order valence-electron chi connectivity index (χ4n) is 2.66. The van der Waals surface area contributed by atoms with Crippen molar-refractivity contribution < 1.29 is 9.32 Å². The predicted molar refractivity (Wildman–Crippen MR) is 73.8 cm³/mol. The highest BCUT2D eigenvalue weighted by molar-refractivity contribution is 5.91. The van der Waals surface area contributed by atoms with E-state index in [0.717, 1.165) is 12.8 Å². The van der Waals surface area contributed by atoms with Crippen molar-refractivity contribution in [2.75, 3.05) is 6.54 Å². The molecule has 110 valence electrons. The summed E-state index contributed by atoms with van der Waals surface area (Å²) in [6.45, 7) is 4.14.